The van der Waals surface area contributed by atoms with Crippen molar-refractivity contribution in [2.45, 2.75) is 6.04 Å². The van der Waals surface area contributed by atoms with Crippen molar-refractivity contribution in [1.29, 1.82) is 0 Å². The molecule has 0 aliphatic carbocycles. The van der Waals surface area contributed by atoms with Crippen molar-refractivity contribution in [2.75, 3.05) is 13.1 Å². The summed E-state index contributed by atoms with van der Waals surface area (Å²) in [5.41, 5.74) is 0.197. The summed E-state index contributed by atoms with van der Waals surface area (Å²) in [6.07, 6.45) is 2.70. The molecule has 0 radical (unpaired) electrons. The van der Waals surface area contributed by atoms with Gasteiger partial charge in [-0.2, -0.15) is 0 Å². The Morgan fingerprint density at radius 2 is 2.20 bits per heavy atom. The number of hydrogen-bond donors (Lipinski definition) is 1. The molecule has 1 aliphatic heterocycles. The number of aromatic nitrogens is 3. The molecule has 0 bridgehead atoms. The minimum atomic E-state index is -1.13. The lowest BCUT2D eigenvalue weighted by Gasteiger charge is -2.38. The number of likely N-dealkylation sites (tertiary alicyclic amines) is 1. The summed E-state index contributed by atoms with van der Waals surface area (Å²) in [5, 5.41) is 16.1. The SMILES string of the molecule is O=C(O)c1cn(C2CN(C(=O)c3ccoc3Cl)C2)nn1. The highest BCUT2D eigenvalue weighted by Crippen LogP contribution is 2.25. The van der Waals surface area contributed by atoms with Gasteiger partial charge in [0.25, 0.3) is 5.91 Å². The fourth-order valence-electron chi connectivity index (χ4n) is 1.96. The quantitative estimate of drug-likeness (QED) is 0.903. The van der Waals surface area contributed by atoms with Crippen LogP contribution in [0.25, 0.3) is 0 Å². The molecule has 8 nitrogen and oxygen atoms in total. The third kappa shape index (κ3) is 2.03. The second-order valence-corrected chi connectivity index (χ2v) is 4.70. The van der Waals surface area contributed by atoms with Crippen LogP contribution in [-0.2, 0) is 0 Å². The van der Waals surface area contributed by atoms with Crippen LogP contribution >= 0.6 is 11.6 Å². The molecule has 1 aliphatic rings. The van der Waals surface area contributed by atoms with E-state index in [1.807, 2.05) is 0 Å². The van der Waals surface area contributed by atoms with E-state index in [1.54, 1.807) is 4.90 Å². The minimum Gasteiger partial charge on any atom is -0.476 e. The Kier molecular flexibility index (Phi) is 2.94. The molecule has 0 saturated carbocycles. The van der Waals surface area contributed by atoms with Crippen molar-refractivity contribution < 1.29 is 19.1 Å². The van der Waals surface area contributed by atoms with Crippen molar-refractivity contribution in [2.24, 2.45) is 0 Å². The Morgan fingerprint density at radius 1 is 1.45 bits per heavy atom. The van der Waals surface area contributed by atoms with Gasteiger partial charge in [-0.1, -0.05) is 5.21 Å². The van der Waals surface area contributed by atoms with E-state index >= 15 is 0 Å². The summed E-state index contributed by atoms with van der Waals surface area (Å²) in [6, 6.07) is 1.43. The second kappa shape index (κ2) is 4.64. The van der Waals surface area contributed by atoms with Crippen molar-refractivity contribution in [3.05, 3.63) is 35.0 Å². The lowest BCUT2D eigenvalue weighted by atomic mass is 10.1. The number of furan rings is 1. The predicted octanol–water partition coefficient (Wildman–Crippen LogP) is 0.920. The smallest absolute Gasteiger partial charge is 0.358 e. The van der Waals surface area contributed by atoms with Gasteiger partial charge in [-0.15, -0.1) is 5.10 Å². The monoisotopic (exact) mass is 296 g/mol. The first kappa shape index (κ1) is 12.7. The fourth-order valence-corrected chi connectivity index (χ4v) is 2.15. The van der Waals surface area contributed by atoms with E-state index in [0.29, 0.717) is 18.7 Å². The number of carboxylic acid groups (broad SMARTS) is 1. The Labute approximate surface area is 117 Å². The zero-order valence-electron chi connectivity index (χ0n) is 10.1. The van der Waals surface area contributed by atoms with Crippen LogP contribution in [0.2, 0.25) is 5.22 Å². The van der Waals surface area contributed by atoms with Gasteiger partial charge in [0.05, 0.1) is 24.1 Å². The van der Waals surface area contributed by atoms with E-state index in [4.69, 9.17) is 21.1 Å². The Hall–Kier alpha value is -2.35. The number of amides is 1. The van der Waals surface area contributed by atoms with Gasteiger partial charge < -0.3 is 14.4 Å². The van der Waals surface area contributed by atoms with Crippen LogP contribution in [0.3, 0.4) is 0 Å². The number of rotatable bonds is 3. The first-order valence-corrected chi connectivity index (χ1v) is 6.11. The molecule has 1 amide bonds. The van der Waals surface area contributed by atoms with Crippen LogP contribution in [0.15, 0.2) is 22.9 Å². The maximum atomic E-state index is 12.0. The molecule has 3 heterocycles. The van der Waals surface area contributed by atoms with Crippen LogP contribution in [0.5, 0.6) is 0 Å². The number of carboxylic acids is 1. The van der Waals surface area contributed by atoms with Crippen LogP contribution in [0.1, 0.15) is 26.9 Å². The molecule has 1 fully saturated rings. The summed E-state index contributed by atoms with van der Waals surface area (Å²) in [5.74, 6) is -1.35. The maximum absolute atomic E-state index is 12.0. The molecule has 1 saturated heterocycles. The van der Waals surface area contributed by atoms with E-state index in [1.165, 1.54) is 23.2 Å². The van der Waals surface area contributed by atoms with Gasteiger partial charge in [0.2, 0.25) is 5.22 Å². The highest BCUT2D eigenvalue weighted by molar-refractivity contribution is 6.32. The molecule has 0 atom stereocenters. The van der Waals surface area contributed by atoms with E-state index in [-0.39, 0.29) is 22.9 Å². The molecule has 2 aromatic heterocycles. The van der Waals surface area contributed by atoms with Gasteiger partial charge in [0, 0.05) is 13.1 Å². The average Bonchev–Trinajstić information content (AvgIpc) is 2.95. The zero-order valence-corrected chi connectivity index (χ0v) is 10.8. The fraction of sp³-hybridized carbons (Fsp3) is 0.273. The van der Waals surface area contributed by atoms with Gasteiger partial charge in [-0.05, 0) is 17.7 Å². The first-order chi connectivity index (χ1) is 9.56. The summed E-state index contributed by atoms with van der Waals surface area (Å²) in [6.45, 7) is 0.839. The molecule has 3 rings (SSSR count). The second-order valence-electron chi connectivity index (χ2n) is 4.36. The molecule has 20 heavy (non-hydrogen) atoms. The molecule has 0 unspecified atom stereocenters. The Balaban J connectivity index is 1.65. The predicted molar refractivity (Wildman–Crippen MR) is 65.6 cm³/mol. The number of aromatic carboxylic acids is 1. The summed E-state index contributed by atoms with van der Waals surface area (Å²) < 4.78 is 6.32. The van der Waals surface area contributed by atoms with Gasteiger partial charge in [0.15, 0.2) is 5.69 Å². The molecule has 0 aromatic carbocycles. The van der Waals surface area contributed by atoms with Gasteiger partial charge in [-0.25, -0.2) is 9.48 Å². The molecule has 0 spiro atoms. The molecule has 104 valence electrons. The number of carbonyl (C=O) groups is 2. The Bertz CT molecular complexity index is 674. The lowest BCUT2D eigenvalue weighted by molar-refractivity contribution is 0.0497. The number of hydrogen-bond acceptors (Lipinski definition) is 5. The molecule has 2 aromatic rings. The minimum absolute atomic E-state index is 0.0624. The van der Waals surface area contributed by atoms with E-state index in [9.17, 15) is 9.59 Å². The third-order valence-electron chi connectivity index (χ3n) is 3.10. The molecular weight excluding hydrogens is 288 g/mol. The highest BCUT2D eigenvalue weighted by Gasteiger charge is 2.34. The molecular formula is C11H9ClN4O4. The van der Waals surface area contributed by atoms with Crippen LogP contribution in [-0.4, -0.2) is 50.0 Å². The van der Waals surface area contributed by atoms with E-state index in [0.717, 1.165) is 0 Å². The van der Waals surface area contributed by atoms with Crippen LogP contribution in [0, 0.1) is 0 Å². The van der Waals surface area contributed by atoms with Gasteiger partial charge in [-0.3, -0.25) is 4.79 Å². The Morgan fingerprint density at radius 3 is 2.75 bits per heavy atom. The lowest BCUT2D eigenvalue weighted by Crippen LogP contribution is -2.50. The van der Waals surface area contributed by atoms with E-state index in [2.05, 4.69) is 10.3 Å². The maximum Gasteiger partial charge on any atom is 0.358 e. The van der Waals surface area contributed by atoms with Gasteiger partial charge >= 0.3 is 5.97 Å². The van der Waals surface area contributed by atoms with Crippen molar-refractivity contribution in [3.8, 4) is 0 Å². The van der Waals surface area contributed by atoms with Crippen molar-refractivity contribution in [1.82, 2.24) is 19.9 Å². The number of nitrogens with zero attached hydrogens (tertiary/aromatic N) is 4. The largest absolute Gasteiger partial charge is 0.476 e. The van der Waals surface area contributed by atoms with Gasteiger partial charge in [0.1, 0.15) is 0 Å². The zero-order chi connectivity index (χ0) is 14.3. The van der Waals surface area contributed by atoms with Crippen LogP contribution < -0.4 is 0 Å². The van der Waals surface area contributed by atoms with Crippen molar-refractivity contribution in [3.63, 3.8) is 0 Å². The summed E-state index contributed by atoms with van der Waals surface area (Å²) in [7, 11) is 0. The average molecular weight is 297 g/mol. The van der Waals surface area contributed by atoms with E-state index < -0.39 is 5.97 Å². The van der Waals surface area contributed by atoms with Crippen molar-refractivity contribution >= 4 is 23.5 Å². The summed E-state index contributed by atoms with van der Waals surface area (Å²) in [4.78, 5) is 24.3. The number of halogens is 1. The highest BCUT2D eigenvalue weighted by atomic mass is 35.5. The standard InChI is InChI=1S/C11H9ClN4O4/c12-9-7(1-2-20-9)10(17)15-3-6(4-15)16-5-8(11(18)19)13-14-16/h1-2,5-6H,3-4H2,(H,18,19). The first-order valence-electron chi connectivity index (χ1n) is 5.73. The number of carbonyl (C=O) groups excluding carboxylic acids is 1. The summed E-state index contributed by atoms with van der Waals surface area (Å²) >= 11 is 5.74. The van der Waals surface area contributed by atoms with Crippen LogP contribution in [0.4, 0.5) is 0 Å². The topological polar surface area (TPSA) is 101 Å². The normalized spacial score (nSPS) is 15.2. The molecule has 1 N–H and O–H groups in total. The molecule has 9 heteroatoms. The third-order valence-corrected chi connectivity index (χ3v) is 3.39.